The third-order valence-electron chi connectivity index (χ3n) is 0.759. The molecule has 1 aromatic heterocycles. The summed E-state index contributed by atoms with van der Waals surface area (Å²) in [4.78, 5) is 0. The Morgan fingerprint density at radius 2 is 2.50 bits per heavy atom. The minimum atomic E-state index is 0.736. The highest BCUT2D eigenvalue weighted by atomic mass is 15.3. The number of hydrogen-bond donors (Lipinski definition) is 1. The summed E-state index contributed by atoms with van der Waals surface area (Å²) in [5.41, 5.74) is 0. The van der Waals surface area contributed by atoms with Crippen LogP contribution < -0.4 is 5.32 Å². The summed E-state index contributed by atoms with van der Waals surface area (Å²) in [6, 6.07) is 1.74. The molecule has 0 amide bonds. The maximum Gasteiger partial charge on any atom is 0.151 e. The monoisotopic (exact) mass is 110 g/mol. The molecule has 0 aliphatic rings. The summed E-state index contributed by atoms with van der Waals surface area (Å²) < 4.78 is 0. The van der Waals surface area contributed by atoms with Gasteiger partial charge in [0.15, 0.2) is 5.82 Å². The Kier molecular flexibility index (Phi) is 1.37. The summed E-state index contributed by atoms with van der Waals surface area (Å²) in [5, 5.41) is 13.3. The van der Waals surface area contributed by atoms with Gasteiger partial charge in [-0.2, -0.15) is 0 Å². The fourth-order valence-corrected chi connectivity index (χ4v) is 0.374. The standard InChI is InChI=1S/C4H6N4/c1-5-4-2-3-6-8-7-4/h2-3H,1H3,(H,5,6,7). The quantitative estimate of drug-likeness (QED) is 0.549. The van der Waals surface area contributed by atoms with Crippen molar-refractivity contribution < 1.29 is 0 Å². The van der Waals surface area contributed by atoms with Crippen molar-refractivity contribution in [2.45, 2.75) is 0 Å². The molecule has 42 valence electrons. The van der Waals surface area contributed by atoms with Gasteiger partial charge in [0.2, 0.25) is 0 Å². The molecule has 1 aromatic rings. The third kappa shape index (κ3) is 0.900. The van der Waals surface area contributed by atoms with Crippen LogP contribution in [0.4, 0.5) is 5.82 Å². The Morgan fingerprint density at radius 3 is 2.88 bits per heavy atom. The highest BCUT2D eigenvalue weighted by molar-refractivity contribution is 5.28. The Labute approximate surface area is 46.9 Å². The normalized spacial score (nSPS) is 8.62. The molecule has 0 unspecified atom stereocenters. The van der Waals surface area contributed by atoms with Crippen molar-refractivity contribution in [3.63, 3.8) is 0 Å². The van der Waals surface area contributed by atoms with Crippen LogP contribution in [0.5, 0.6) is 0 Å². The fourth-order valence-electron chi connectivity index (χ4n) is 0.374. The molecule has 0 aliphatic heterocycles. The van der Waals surface area contributed by atoms with E-state index in [0.29, 0.717) is 0 Å². The summed E-state index contributed by atoms with van der Waals surface area (Å²) in [5.74, 6) is 0.736. The molecule has 0 saturated carbocycles. The minimum absolute atomic E-state index is 0.736. The van der Waals surface area contributed by atoms with Gasteiger partial charge in [0.05, 0.1) is 6.20 Å². The molecule has 4 nitrogen and oxygen atoms in total. The van der Waals surface area contributed by atoms with E-state index < -0.39 is 0 Å². The lowest BCUT2D eigenvalue weighted by atomic mass is 10.6. The van der Waals surface area contributed by atoms with E-state index in [0.717, 1.165) is 5.82 Å². The minimum Gasteiger partial charge on any atom is -0.372 e. The largest absolute Gasteiger partial charge is 0.372 e. The zero-order valence-electron chi connectivity index (χ0n) is 4.50. The second kappa shape index (κ2) is 2.20. The first-order valence-corrected chi connectivity index (χ1v) is 2.25. The molecule has 0 aliphatic carbocycles. The lowest BCUT2D eigenvalue weighted by Crippen LogP contribution is -1.93. The van der Waals surface area contributed by atoms with E-state index in [2.05, 4.69) is 20.7 Å². The van der Waals surface area contributed by atoms with Crippen LogP contribution in [-0.4, -0.2) is 22.5 Å². The zero-order valence-corrected chi connectivity index (χ0v) is 4.50. The predicted octanol–water partition coefficient (Wildman–Crippen LogP) is -0.0867. The molecule has 1 rings (SSSR count). The van der Waals surface area contributed by atoms with Gasteiger partial charge in [-0.1, -0.05) is 0 Å². The summed E-state index contributed by atoms with van der Waals surface area (Å²) in [6.45, 7) is 0. The van der Waals surface area contributed by atoms with E-state index in [1.165, 1.54) is 0 Å². The maximum atomic E-state index is 3.62. The summed E-state index contributed by atoms with van der Waals surface area (Å²) >= 11 is 0. The van der Waals surface area contributed by atoms with Gasteiger partial charge in [-0.3, -0.25) is 0 Å². The van der Waals surface area contributed by atoms with Crippen molar-refractivity contribution in [3.8, 4) is 0 Å². The lowest BCUT2D eigenvalue weighted by molar-refractivity contribution is 0.869. The van der Waals surface area contributed by atoms with E-state index in [1.54, 1.807) is 19.3 Å². The van der Waals surface area contributed by atoms with Crippen LogP contribution >= 0.6 is 0 Å². The number of anilines is 1. The molecule has 0 saturated heterocycles. The highest BCUT2D eigenvalue weighted by Crippen LogP contribution is 1.91. The van der Waals surface area contributed by atoms with Gasteiger partial charge < -0.3 is 5.32 Å². The zero-order chi connectivity index (χ0) is 5.82. The van der Waals surface area contributed by atoms with Crippen LogP contribution in [0.15, 0.2) is 12.3 Å². The van der Waals surface area contributed by atoms with Gasteiger partial charge in [0, 0.05) is 13.1 Å². The Morgan fingerprint density at radius 1 is 1.62 bits per heavy atom. The molecule has 4 heteroatoms. The Balaban J connectivity index is 2.83. The van der Waals surface area contributed by atoms with Crippen molar-refractivity contribution >= 4 is 5.82 Å². The molecule has 1 heterocycles. The van der Waals surface area contributed by atoms with Crippen LogP contribution in [0, 0.1) is 0 Å². The van der Waals surface area contributed by atoms with Gasteiger partial charge >= 0.3 is 0 Å². The van der Waals surface area contributed by atoms with E-state index >= 15 is 0 Å². The number of nitrogens with zero attached hydrogens (tertiary/aromatic N) is 3. The molecular formula is C4H6N4. The molecule has 8 heavy (non-hydrogen) atoms. The molecule has 0 atom stereocenters. The van der Waals surface area contributed by atoms with Gasteiger partial charge in [0.1, 0.15) is 0 Å². The van der Waals surface area contributed by atoms with Crippen LogP contribution in [0.3, 0.4) is 0 Å². The average Bonchev–Trinajstić information content (AvgIpc) is 1.90. The number of rotatable bonds is 1. The smallest absolute Gasteiger partial charge is 0.151 e. The van der Waals surface area contributed by atoms with Crippen molar-refractivity contribution in [3.05, 3.63) is 12.3 Å². The Hall–Kier alpha value is -1.19. The predicted molar refractivity (Wildman–Crippen MR) is 29.4 cm³/mol. The van der Waals surface area contributed by atoms with Crippen molar-refractivity contribution in [2.75, 3.05) is 12.4 Å². The molecule has 0 spiro atoms. The van der Waals surface area contributed by atoms with E-state index in [9.17, 15) is 0 Å². The molecule has 0 fully saturated rings. The molecule has 0 radical (unpaired) electrons. The van der Waals surface area contributed by atoms with Gasteiger partial charge in [-0.25, -0.2) is 0 Å². The topological polar surface area (TPSA) is 50.7 Å². The van der Waals surface area contributed by atoms with E-state index in [-0.39, 0.29) is 0 Å². The second-order valence-corrected chi connectivity index (χ2v) is 1.26. The van der Waals surface area contributed by atoms with Crippen LogP contribution in [0.25, 0.3) is 0 Å². The molecular weight excluding hydrogens is 104 g/mol. The molecule has 1 N–H and O–H groups in total. The summed E-state index contributed by atoms with van der Waals surface area (Å²) in [6.07, 6.45) is 1.58. The van der Waals surface area contributed by atoms with Crippen LogP contribution in [0.2, 0.25) is 0 Å². The molecule has 0 bridgehead atoms. The summed E-state index contributed by atoms with van der Waals surface area (Å²) in [7, 11) is 1.78. The first-order chi connectivity index (χ1) is 3.93. The lowest BCUT2D eigenvalue weighted by Gasteiger charge is -1.90. The van der Waals surface area contributed by atoms with Gasteiger partial charge in [-0.15, -0.1) is 10.2 Å². The van der Waals surface area contributed by atoms with Crippen LogP contribution in [0.1, 0.15) is 0 Å². The first kappa shape index (κ1) is 4.96. The maximum absolute atomic E-state index is 3.62. The number of nitrogens with one attached hydrogen (secondary N) is 1. The second-order valence-electron chi connectivity index (χ2n) is 1.26. The average molecular weight is 110 g/mol. The fraction of sp³-hybridized carbons (Fsp3) is 0.250. The Bertz CT molecular complexity index is 149. The van der Waals surface area contributed by atoms with Gasteiger partial charge in [-0.05, 0) is 5.21 Å². The SMILES string of the molecule is CNc1ccnnn1. The molecule has 0 aromatic carbocycles. The number of hydrogen-bond acceptors (Lipinski definition) is 4. The van der Waals surface area contributed by atoms with Crippen molar-refractivity contribution in [2.24, 2.45) is 0 Å². The van der Waals surface area contributed by atoms with Crippen molar-refractivity contribution in [1.82, 2.24) is 15.4 Å². The van der Waals surface area contributed by atoms with Crippen molar-refractivity contribution in [1.29, 1.82) is 0 Å². The number of aromatic nitrogens is 3. The first-order valence-electron chi connectivity index (χ1n) is 2.25. The van der Waals surface area contributed by atoms with E-state index in [1.807, 2.05) is 0 Å². The van der Waals surface area contributed by atoms with Gasteiger partial charge in [0.25, 0.3) is 0 Å². The van der Waals surface area contributed by atoms with Crippen LogP contribution in [-0.2, 0) is 0 Å². The van der Waals surface area contributed by atoms with E-state index in [4.69, 9.17) is 0 Å². The third-order valence-corrected chi connectivity index (χ3v) is 0.759. The highest BCUT2D eigenvalue weighted by Gasteiger charge is 1.82.